The van der Waals surface area contributed by atoms with Gasteiger partial charge in [0.25, 0.3) is 0 Å². The van der Waals surface area contributed by atoms with Crippen LogP contribution in [0.25, 0.3) is 10.8 Å². The van der Waals surface area contributed by atoms with Gasteiger partial charge in [-0.3, -0.25) is 4.79 Å². The molecule has 1 heterocycles. The van der Waals surface area contributed by atoms with Crippen LogP contribution in [0.5, 0.6) is 5.75 Å². The largest absolute Gasteiger partial charge is 0.497 e. The van der Waals surface area contributed by atoms with Crippen molar-refractivity contribution in [2.45, 2.75) is 24.7 Å². The van der Waals surface area contributed by atoms with Gasteiger partial charge in [-0.1, -0.05) is 48.5 Å². The van der Waals surface area contributed by atoms with Crippen molar-refractivity contribution in [2.75, 3.05) is 7.11 Å². The van der Waals surface area contributed by atoms with Crippen molar-refractivity contribution >= 4 is 16.7 Å². The topological polar surface area (TPSA) is 71.8 Å². The molecule has 1 aliphatic rings. The van der Waals surface area contributed by atoms with Crippen LogP contribution < -0.4 is 4.74 Å². The van der Waals surface area contributed by atoms with Crippen LogP contribution in [-0.4, -0.2) is 19.2 Å². The molecule has 4 rings (SSSR count). The Morgan fingerprint density at radius 2 is 1.86 bits per heavy atom. The average molecular weight is 373 g/mol. The molecule has 1 aliphatic heterocycles. The van der Waals surface area contributed by atoms with E-state index in [1.165, 1.54) is 0 Å². The Labute approximate surface area is 163 Å². The normalized spacial score (nSPS) is 18.9. The summed E-state index contributed by atoms with van der Waals surface area (Å²) in [4.78, 5) is 12.3. The molecule has 5 nitrogen and oxygen atoms in total. The molecule has 140 valence electrons. The van der Waals surface area contributed by atoms with Crippen molar-refractivity contribution in [1.29, 1.82) is 5.26 Å². The highest BCUT2D eigenvalue weighted by atomic mass is 16.6. The number of nitrogens with zero attached hydrogens (tertiary/aromatic N) is 1. The summed E-state index contributed by atoms with van der Waals surface area (Å²) in [7, 11) is 1.62. The Kier molecular flexibility index (Phi) is 4.96. The lowest BCUT2D eigenvalue weighted by atomic mass is 10.0. The summed E-state index contributed by atoms with van der Waals surface area (Å²) in [6.45, 7) is 0. The van der Waals surface area contributed by atoms with Gasteiger partial charge in [-0.05, 0) is 34.5 Å². The maximum atomic E-state index is 12.3. The van der Waals surface area contributed by atoms with Crippen LogP contribution in [0.3, 0.4) is 0 Å². The van der Waals surface area contributed by atoms with Crippen LogP contribution in [0.4, 0.5) is 0 Å². The number of epoxide rings is 1. The van der Waals surface area contributed by atoms with Gasteiger partial charge in [0.1, 0.15) is 17.9 Å². The zero-order valence-electron chi connectivity index (χ0n) is 15.4. The van der Waals surface area contributed by atoms with Crippen LogP contribution in [0.2, 0.25) is 0 Å². The van der Waals surface area contributed by atoms with Crippen molar-refractivity contribution < 1.29 is 19.0 Å². The first kappa shape index (κ1) is 18.0. The summed E-state index contributed by atoms with van der Waals surface area (Å²) >= 11 is 0. The minimum atomic E-state index is -0.951. The Balaban J connectivity index is 1.41. The molecule has 0 aromatic heterocycles. The number of hydrogen-bond donors (Lipinski definition) is 0. The summed E-state index contributed by atoms with van der Waals surface area (Å²) in [5.41, 5.74) is 1.69. The van der Waals surface area contributed by atoms with Crippen LogP contribution in [0.1, 0.15) is 29.8 Å². The third kappa shape index (κ3) is 3.83. The summed E-state index contributed by atoms with van der Waals surface area (Å²) in [5, 5.41) is 11.4. The number of methoxy groups -OCH3 is 1. The quantitative estimate of drug-likeness (QED) is 0.470. The third-order valence-corrected chi connectivity index (χ3v) is 4.82. The molecule has 3 aromatic rings. The zero-order chi connectivity index (χ0) is 19.5. The molecule has 0 radical (unpaired) electrons. The van der Waals surface area contributed by atoms with Gasteiger partial charge in [0, 0.05) is 5.56 Å². The second-order valence-corrected chi connectivity index (χ2v) is 6.68. The lowest BCUT2D eigenvalue weighted by Gasteiger charge is -2.12. The fourth-order valence-electron chi connectivity index (χ4n) is 3.28. The summed E-state index contributed by atoms with van der Waals surface area (Å²) in [5.74, 6) is 0.325. The third-order valence-electron chi connectivity index (χ3n) is 4.82. The second-order valence-electron chi connectivity index (χ2n) is 6.68. The number of rotatable bonds is 6. The molecule has 0 N–H and O–H groups in total. The van der Waals surface area contributed by atoms with Crippen molar-refractivity contribution in [1.82, 2.24) is 0 Å². The van der Waals surface area contributed by atoms with Crippen LogP contribution in [-0.2, 0) is 14.3 Å². The van der Waals surface area contributed by atoms with Crippen molar-refractivity contribution in [3.8, 4) is 11.8 Å². The van der Waals surface area contributed by atoms with Crippen molar-refractivity contribution in [3.05, 3.63) is 77.9 Å². The number of carbonyl (C=O) groups excluding carboxylic acids is 1. The average Bonchev–Trinajstić information content (AvgIpc) is 3.50. The zero-order valence-corrected chi connectivity index (χ0v) is 15.4. The number of esters is 1. The first-order chi connectivity index (χ1) is 13.7. The fraction of sp³-hybridized carbons (Fsp3) is 0.217. The summed E-state index contributed by atoms with van der Waals surface area (Å²) in [6, 6.07) is 23.0. The molecule has 1 fully saturated rings. The number of benzene rings is 3. The van der Waals surface area contributed by atoms with Crippen LogP contribution in [0, 0.1) is 11.3 Å². The highest BCUT2D eigenvalue weighted by molar-refractivity contribution is 5.84. The van der Waals surface area contributed by atoms with E-state index in [1.54, 1.807) is 13.2 Å². The van der Waals surface area contributed by atoms with E-state index >= 15 is 0 Å². The lowest BCUT2D eigenvalue weighted by molar-refractivity contribution is -0.147. The van der Waals surface area contributed by atoms with Gasteiger partial charge in [0.2, 0.25) is 6.10 Å². The molecule has 3 aromatic carbocycles. The molecule has 0 aliphatic carbocycles. The Morgan fingerprint density at radius 1 is 1.11 bits per heavy atom. The van der Waals surface area contributed by atoms with E-state index < -0.39 is 12.1 Å². The molecule has 5 heteroatoms. The van der Waals surface area contributed by atoms with Crippen LogP contribution >= 0.6 is 0 Å². The molecule has 28 heavy (non-hydrogen) atoms. The van der Waals surface area contributed by atoms with Gasteiger partial charge in [0.05, 0.1) is 19.6 Å². The minimum absolute atomic E-state index is 0.0788. The highest BCUT2D eigenvalue weighted by Gasteiger charge is 2.42. The number of ether oxygens (including phenoxy) is 3. The molecule has 0 unspecified atom stereocenters. The van der Waals surface area contributed by atoms with E-state index in [1.807, 2.05) is 60.7 Å². The Hall–Kier alpha value is -3.36. The van der Waals surface area contributed by atoms with Crippen molar-refractivity contribution in [3.63, 3.8) is 0 Å². The highest BCUT2D eigenvalue weighted by Crippen LogP contribution is 2.41. The van der Waals surface area contributed by atoms with E-state index in [-0.39, 0.29) is 18.6 Å². The van der Waals surface area contributed by atoms with E-state index in [9.17, 15) is 10.1 Å². The maximum absolute atomic E-state index is 12.3. The Morgan fingerprint density at radius 3 is 2.61 bits per heavy atom. The van der Waals surface area contributed by atoms with E-state index in [2.05, 4.69) is 6.07 Å². The SMILES string of the molecule is COc1ccc2cc([C@H](C#N)OC(=O)C[C@@H]3O[C@@H]3c3ccccc3)ccc2c1. The molecule has 0 amide bonds. The molecule has 3 atom stereocenters. The van der Waals surface area contributed by atoms with Gasteiger partial charge < -0.3 is 14.2 Å². The summed E-state index contributed by atoms with van der Waals surface area (Å²) in [6.07, 6.45) is -1.10. The van der Waals surface area contributed by atoms with Crippen molar-refractivity contribution in [2.24, 2.45) is 0 Å². The van der Waals surface area contributed by atoms with Gasteiger partial charge >= 0.3 is 5.97 Å². The molecular formula is C23H19NO4. The monoisotopic (exact) mass is 373 g/mol. The lowest BCUT2D eigenvalue weighted by Crippen LogP contribution is -2.12. The fourth-order valence-corrected chi connectivity index (χ4v) is 3.28. The molecule has 0 spiro atoms. The summed E-state index contributed by atoms with van der Waals surface area (Å²) < 4.78 is 16.2. The predicted octanol–water partition coefficient (Wildman–Crippen LogP) is 4.49. The van der Waals surface area contributed by atoms with E-state index in [0.717, 1.165) is 22.1 Å². The molecule has 0 bridgehead atoms. The number of carbonyl (C=O) groups is 1. The second kappa shape index (κ2) is 7.71. The Bertz CT molecular complexity index is 1040. The smallest absolute Gasteiger partial charge is 0.310 e. The number of nitriles is 1. The van der Waals surface area contributed by atoms with Gasteiger partial charge in [-0.15, -0.1) is 0 Å². The van der Waals surface area contributed by atoms with Gasteiger partial charge in [-0.25, -0.2) is 0 Å². The van der Waals surface area contributed by atoms with Crippen LogP contribution in [0.15, 0.2) is 66.7 Å². The molecule has 1 saturated heterocycles. The van der Waals surface area contributed by atoms with Gasteiger partial charge in [0.15, 0.2) is 0 Å². The number of hydrogen-bond acceptors (Lipinski definition) is 5. The standard InChI is InChI=1S/C23H19NO4/c1-26-19-10-9-16-11-18(8-7-17(16)12-19)21(14-24)27-22(25)13-20-23(28-20)15-5-3-2-4-6-15/h2-12,20-21,23H,13H2,1H3/t20-,21-,23+/m0/s1. The first-order valence-corrected chi connectivity index (χ1v) is 9.05. The van der Waals surface area contributed by atoms with E-state index in [4.69, 9.17) is 14.2 Å². The van der Waals surface area contributed by atoms with E-state index in [0.29, 0.717) is 5.56 Å². The first-order valence-electron chi connectivity index (χ1n) is 9.05. The minimum Gasteiger partial charge on any atom is -0.497 e. The predicted molar refractivity (Wildman–Crippen MR) is 104 cm³/mol. The maximum Gasteiger partial charge on any atom is 0.310 e. The van der Waals surface area contributed by atoms with Gasteiger partial charge in [-0.2, -0.15) is 5.26 Å². The molecule has 0 saturated carbocycles. The number of fused-ring (bicyclic) bond motifs is 1. The molecular weight excluding hydrogens is 354 g/mol.